The van der Waals surface area contributed by atoms with Gasteiger partial charge in [0.25, 0.3) is 5.91 Å². The zero-order valence-corrected chi connectivity index (χ0v) is 15.7. The maximum atomic E-state index is 12.4. The number of carbonyl (C=O) groups is 1. The van der Waals surface area contributed by atoms with Crippen LogP contribution in [0.15, 0.2) is 21.6 Å². The van der Waals surface area contributed by atoms with Crippen molar-refractivity contribution in [2.75, 3.05) is 18.1 Å². The maximum absolute atomic E-state index is 12.4. The normalized spacial score (nSPS) is 14.3. The first-order chi connectivity index (χ1) is 12.3. The van der Waals surface area contributed by atoms with E-state index in [1.807, 2.05) is 6.92 Å². The number of anilines is 1. The van der Waals surface area contributed by atoms with Crippen LogP contribution in [0.2, 0.25) is 5.02 Å². The van der Waals surface area contributed by atoms with Crippen molar-refractivity contribution in [3.8, 4) is 5.75 Å². The van der Waals surface area contributed by atoms with E-state index in [1.54, 1.807) is 6.92 Å². The number of benzene rings is 1. The van der Waals surface area contributed by atoms with Crippen molar-refractivity contribution in [3.05, 3.63) is 28.9 Å². The fraction of sp³-hybridized carbons (Fsp3) is 0.400. The van der Waals surface area contributed by atoms with E-state index >= 15 is 0 Å². The third-order valence-corrected chi connectivity index (χ3v) is 5.58. The molecule has 9 nitrogen and oxygen atoms in total. The van der Waals surface area contributed by atoms with E-state index in [0.29, 0.717) is 30.4 Å². The average molecular weight is 401 g/mol. The molecule has 0 saturated heterocycles. The molecular formula is C15H17ClN4O5S. The van der Waals surface area contributed by atoms with Crippen LogP contribution in [0.4, 0.5) is 5.69 Å². The Kier molecular flexibility index (Phi) is 5.17. The fourth-order valence-corrected chi connectivity index (χ4v) is 4.11. The van der Waals surface area contributed by atoms with Crippen LogP contribution in [0, 0.1) is 6.92 Å². The fourth-order valence-electron chi connectivity index (χ4n) is 2.44. The smallest absolute Gasteiger partial charge is 0.265 e. The van der Waals surface area contributed by atoms with Crippen LogP contribution < -0.4 is 14.4 Å². The molecule has 0 bridgehead atoms. The molecule has 0 fully saturated rings. The van der Waals surface area contributed by atoms with Crippen LogP contribution in [0.1, 0.15) is 25.1 Å². The lowest BCUT2D eigenvalue weighted by Gasteiger charge is -2.29. The summed E-state index contributed by atoms with van der Waals surface area (Å²) in [5, 5.41) is 3.76. The molecule has 1 aromatic heterocycles. The predicted octanol–water partition coefficient (Wildman–Crippen LogP) is 1.65. The molecule has 1 aliphatic heterocycles. The minimum atomic E-state index is -3.78. The number of amides is 1. The van der Waals surface area contributed by atoms with Gasteiger partial charge in [0.1, 0.15) is 10.6 Å². The van der Waals surface area contributed by atoms with Gasteiger partial charge in [-0.25, -0.2) is 13.1 Å². The van der Waals surface area contributed by atoms with E-state index in [1.165, 1.54) is 17.0 Å². The first-order valence-electron chi connectivity index (χ1n) is 7.87. The van der Waals surface area contributed by atoms with E-state index in [4.69, 9.17) is 20.9 Å². The van der Waals surface area contributed by atoms with E-state index in [9.17, 15) is 13.2 Å². The van der Waals surface area contributed by atoms with Crippen molar-refractivity contribution in [1.82, 2.24) is 14.9 Å². The molecule has 2 heterocycles. The summed E-state index contributed by atoms with van der Waals surface area (Å²) in [5.74, 6) is 0.616. The quantitative estimate of drug-likeness (QED) is 0.783. The van der Waals surface area contributed by atoms with Crippen molar-refractivity contribution in [1.29, 1.82) is 0 Å². The molecule has 1 amide bonds. The van der Waals surface area contributed by atoms with Gasteiger partial charge in [0.2, 0.25) is 15.9 Å². The minimum absolute atomic E-state index is 0.0139. The highest BCUT2D eigenvalue weighted by molar-refractivity contribution is 7.89. The Morgan fingerprint density at radius 1 is 1.38 bits per heavy atom. The number of carbonyl (C=O) groups excluding carboxylic acids is 1. The number of sulfonamides is 1. The molecular weight excluding hydrogens is 384 g/mol. The highest BCUT2D eigenvalue weighted by atomic mass is 35.5. The van der Waals surface area contributed by atoms with Gasteiger partial charge in [0.15, 0.2) is 12.4 Å². The number of nitrogens with one attached hydrogen (secondary N) is 1. The highest BCUT2D eigenvalue weighted by Crippen LogP contribution is 2.39. The number of hydrogen-bond acceptors (Lipinski definition) is 7. The molecule has 2 aromatic rings. The second kappa shape index (κ2) is 7.22. The van der Waals surface area contributed by atoms with Crippen molar-refractivity contribution >= 4 is 33.2 Å². The Hall–Kier alpha value is -2.17. The molecule has 26 heavy (non-hydrogen) atoms. The summed E-state index contributed by atoms with van der Waals surface area (Å²) in [4.78, 5) is 17.6. The predicted molar refractivity (Wildman–Crippen MR) is 92.7 cm³/mol. The van der Waals surface area contributed by atoms with E-state index in [0.717, 1.165) is 0 Å². The maximum Gasteiger partial charge on any atom is 0.265 e. The summed E-state index contributed by atoms with van der Waals surface area (Å²) in [6, 6.07) is 2.71. The second-order valence-electron chi connectivity index (χ2n) is 5.65. The lowest BCUT2D eigenvalue weighted by Crippen LogP contribution is -2.38. The third-order valence-electron chi connectivity index (χ3n) is 3.66. The van der Waals surface area contributed by atoms with Gasteiger partial charge < -0.3 is 9.26 Å². The molecule has 3 rings (SSSR count). The van der Waals surface area contributed by atoms with Crippen LogP contribution in [0.5, 0.6) is 5.75 Å². The largest absolute Gasteiger partial charge is 0.482 e. The van der Waals surface area contributed by atoms with Gasteiger partial charge in [-0.2, -0.15) is 4.98 Å². The lowest BCUT2D eigenvalue weighted by molar-refractivity contribution is -0.121. The Labute approximate surface area is 155 Å². The summed E-state index contributed by atoms with van der Waals surface area (Å²) in [7, 11) is -3.78. The highest BCUT2D eigenvalue weighted by Gasteiger charge is 2.30. The second-order valence-corrected chi connectivity index (χ2v) is 7.79. The van der Waals surface area contributed by atoms with Crippen molar-refractivity contribution < 1.29 is 22.5 Å². The summed E-state index contributed by atoms with van der Waals surface area (Å²) < 4.78 is 37.5. The molecule has 0 unspecified atom stereocenters. The standard InChI is InChI=1S/C15H17ClN4O5S/c1-3-4-17-26(22,23)13-6-12-11(5-10(13)16)20(15(21)8-24-12)7-14-18-9(2)25-19-14/h5-6,17H,3-4,7-8H2,1-2H3. The van der Waals surface area contributed by atoms with E-state index in [-0.39, 0.29) is 34.7 Å². The van der Waals surface area contributed by atoms with Gasteiger partial charge in [-0.3, -0.25) is 9.69 Å². The number of ether oxygens (including phenoxy) is 1. The van der Waals surface area contributed by atoms with Crippen molar-refractivity contribution in [3.63, 3.8) is 0 Å². The number of aromatic nitrogens is 2. The molecule has 0 radical (unpaired) electrons. The van der Waals surface area contributed by atoms with Gasteiger partial charge in [-0.05, 0) is 12.5 Å². The van der Waals surface area contributed by atoms with Gasteiger partial charge in [-0.1, -0.05) is 23.7 Å². The molecule has 0 saturated carbocycles. The number of fused-ring (bicyclic) bond motifs is 1. The topological polar surface area (TPSA) is 115 Å². The summed E-state index contributed by atoms with van der Waals surface area (Å²) >= 11 is 6.18. The monoisotopic (exact) mass is 400 g/mol. The van der Waals surface area contributed by atoms with Crippen LogP contribution in [0.25, 0.3) is 0 Å². The molecule has 0 atom stereocenters. The van der Waals surface area contributed by atoms with Crippen molar-refractivity contribution in [2.24, 2.45) is 0 Å². The Balaban J connectivity index is 1.98. The van der Waals surface area contributed by atoms with Crippen LogP contribution >= 0.6 is 11.6 Å². The third kappa shape index (κ3) is 3.67. The number of halogens is 1. The Morgan fingerprint density at radius 2 is 2.15 bits per heavy atom. The SMILES string of the molecule is CCCNS(=O)(=O)c1cc2c(cc1Cl)N(Cc1noc(C)n1)C(=O)CO2. The number of aryl methyl sites for hydroxylation is 1. The van der Waals surface area contributed by atoms with Gasteiger partial charge in [-0.15, -0.1) is 0 Å². The summed E-state index contributed by atoms with van der Waals surface area (Å²) in [6.45, 7) is 3.61. The first-order valence-corrected chi connectivity index (χ1v) is 9.73. The lowest BCUT2D eigenvalue weighted by atomic mass is 10.2. The minimum Gasteiger partial charge on any atom is -0.482 e. The van der Waals surface area contributed by atoms with Gasteiger partial charge in [0.05, 0.1) is 17.3 Å². The van der Waals surface area contributed by atoms with Crippen molar-refractivity contribution in [2.45, 2.75) is 31.7 Å². The Morgan fingerprint density at radius 3 is 2.81 bits per heavy atom. The van der Waals surface area contributed by atoms with Gasteiger partial charge in [0, 0.05) is 19.5 Å². The van der Waals surface area contributed by atoms with Crippen LogP contribution in [0.3, 0.4) is 0 Å². The van der Waals surface area contributed by atoms with E-state index in [2.05, 4.69) is 14.9 Å². The number of rotatable bonds is 6. The average Bonchev–Trinajstić information content (AvgIpc) is 3.00. The molecule has 11 heteroatoms. The summed E-state index contributed by atoms with van der Waals surface area (Å²) in [6.07, 6.45) is 0.644. The van der Waals surface area contributed by atoms with Gasteiger partial charge >= 0.3 is 0 Å². The number of hydrogen-bond donors (Lipinski definition) is 1. The molecule has 140 valence electrons. The molecule has 0 spiro atoms. The summed E-state index contributed by atoms with van der Waals surface area (Å²) in [5.41, 5.74) is 0.350. The molecule has 1 aromatic carbocycles. The molecule has 1 N–H and O–H groups in total. The number of nitrogens with zero attached hydrogens (tertiary/aromatic N) is 3. The van der Waals surface area contributed by atoms with Crippen LogP contribution in [-0.2, 0) is 21.4 Å². The zero-order valence-electron chi connectivity index (χ0n) is 14.2. The molecule has 1 aliphatic rings. The van der Waals surface area contributed by atoms with E-state index < -0.39 is 10.0 Å². The first kappa shape index (κ1) is 18.6. The molecule has 0 aliphatic carbocycles. The Bertz CT molecular complexity index is 944. The van der Waals surface area contributed by atoms with Crippen LogP contribution in [-0.4, -0.2) is 37.6 Å². The zero-order chi connectivity index (χ0) is 18.9.